The molecule has 1 amide bonds. The van der Waals surface area contributed by atoms with Gasteiger partial charge in [-0.3, -0.25) is 9.78 Å². The van der Waals surface area contributed by atoms with Gasteiger partial charge in [-0.05, 0) is 25.7 Å². The van der Waals surface area contributed by atoms with E-state index >= 15 is 0 Å². The Morgan fingerprint density at radius 3 is 2.59 bits per heavy atom. The third-order valence-corrected chi connectivity index (χ3v) is 5.93. The van der Waals surface area contributed by atoms with Crippen molar-refractivity contribution in [2.24, 2.45) is 0 Å². The lowest BCUT2D eigenvalue weighted by Crippen LogP contribution is -2.58. The number of carbonyl (C=O) groups is 1. The van der Waals surface area contributed by atoms with Crippen LogP contribution in [0.3, 0.4) is 0 Å². The molecular formula is C14H20N4O3S. The predicted octanol–water partition coefficient (Wildman–Crippen LogP) is 0.507. The van der Waals surface area contributed by atoms with E-state index in [9.17, 15) is 13.2 Å². The van der Waals surface area contributed by atoms with E-state index < -0.39 is 15.6 Å². The number of sulfonamides is 1. The molecule has 1 aromatic rings. The quantitative estimate of drug-likeness (QED) is 0.791. The predicted molar refractivity (Wildman–Crippen MR) is 80.7 cm³/mol. The van der Waals surface area contributed by atoms with Crippen LogP contribution < -0.4 is 0 Å². The average molecular weight is 324 g/mol. The van der Waals surface area contributed by atoms with E-state index in [1.807, 2.05) is 0 Å². The second kappa shape index (κ2) is 5.58. The first-order valence-corrected chi connectivity index (χ1v) is 9.30. The molecule has 2 aliphatic heterocycles. The van der Waals surface area contributed by atoms with Crippen molar-refractivity contribution in [2.75, 3.05) is 25.9 Å². The van der Waals surface area contributed by atoms with Gasteiger partial charge in [-0.15, -0.1) is 0 Å². The number of aromatic nitrogens is 2. The highest BCUT2D eigenvalue weighted by atomic mass is 32.2. The van der Waals surface area contributed by atoms with Crippen molar-refractivity contribution in [3.05, 3.63) is 24.3 Å². The Bertz CT molecular complexity index is 664. The maximum atomic E-state index is 12.6. The molecule has 120 valence electrons. The lowest BCUT2D eigenvalue weighted by Gasteiger charge is -2.44. The molecular weight excluding hydrogens is 304 g/mol. The number of hydrogen-bond acceptors (Lipinski definition) is 5. The van der Waals surface area contributed by atoms with Crippen molar-refractivity contribution >= 4 is 15.9 Å². The Kier molecular flexibility index (Phi) is 3.90. The average Bonchev–Trinajstić information content (AvgIpc) is 2.90. The van der Waals surface area contributed by atoms with Gasteiger partial charge < -0.3 is 4.90 Å². The Morgan fingerprint density at radius 1 is 1.23 bits per heavy atom. The number of carbonyl (C=O) groups excluding carboxylic acids is 1. The largest absolute Gasteiger partial charge is 0.335 e. The zero-order valence-corrected chi connectivity index (χ0v) is 13.4. The minimum absolute atomic E-state index is 0.174. The van der Waals surface area contributed by atoms with E-state index in [0.717, 1.165) is 25.7 Å². The molecule has 22 heavy (non-hydrogen) atoms. The van der Waals surface area contributed by atoms with Crippen LogP contribution in [-0.2, 0) is 10.0 Å². The van der Waals surface area contributed by atoms with E-state index in [1.54, 1.807) is 9.21 Å². The summed E-state index contributed by atoms with van der Waals surface area (Å²) in [7, 11) is -3.26. The molecule has 1 aromatic heterocycles. The third-order valence-electron chi connectivity index (χ3n) is 4.56. The minimum Gasteiger partial charge on any atom is -0.335 e. The van der Waals surface area contributed by atoms with Gasteiger partial charge >= 0.3 is 0 Å². The standard InChI is InChI=1S/C14H20N4O3S/c1-22(20,21)18-9-3-5-14(18)4-2-8-17(11-14)13(19)12-10-15-6-7-16-12/h6-7,10H,2-5,8-9,11H2,1H3/t14-/m0/s1. The summed E-state index contributed by atoms with van der Waals surface area (Å²) in [6.45, 7) is 1.62. The maximum absolute atomic E-state index is 12.6. The zero-order chi connectivity index (χ0) is 15.8. The highest BCUT2D eigenvalue weighted by molar-refractivity contribution is 7.88. The number of amides is 1. The molecule has 0 unspecified atom stereocenters. The molecule has 0 aliphatic carbocycles. The fourth-order valence-electron chi connectivity index (χ4n) is 3.70. The van der Waals surface area contributed by atoms with Gasteiger partial charge in [-0.2, -0.15) is 4.31 Å². The molecule has 0 aromatic carbocycles. The number of rotatable bonds is 2. The first-order valence-electron chi connectivity index (χ1n) is 7.46. The fourth-order valence-corrected chi connectivity index (χ4v) is 5.10. The van der Waals surface area contributed by atoms with Crippen molar-refractivity contribution in [1.82, 2.24) is 19.2 Å². The Hall–Kier alpha value is -1.54. The van der Waals surface area contributed by atoms with Gasteiger partial charge in [0, 0.05) is 32.0 Å². The summed E-state index contributed by atoms with van der Waals surface area (Å²) in [6, 6.07) is 0. The highest BCUT2D eigenvalue weighted by Gasteiger charge is 2.48. The van der Waals surface area contributed by atoms with Crippen LogP contribution >= 0.6 is 0 Å². The first-order chi connectivity index (χ1) is 10.4. The SMILES string of the molecule is CS(=O)(=O)N1CCC[C@]12CCCN(C(=O)c1cnccn1)C2. The van der Waals surface area contributed by atoms with Crippen LogP contribution in [0.1, 0.15) is 36.2 Å². The molecule has 0 bridgehead atoms. The summed E-state index contributed by atoms with van der Waals surface area (Å²) < 4.78 is 25.7. The summed E-state index contributed by atoms with van der Waals surface area (Å²) >= 11 is 0. The van der Waals surface area contributed by atoms with Gasteiger partial charge in [0.15, 0.2) is 0 Å². The molecule has 1 spiro atoms. The fraction of sp³-hybridized carbons (Fsp3) is 0.643. The van der Waals surface area contributed by atoms with Gasteiger partial charge in [0.05, 0.1) is 18.0 Å². The van der Waals surface area contributed by atoms with E-state index in [4.69, 9.17) is 0 Å². The topological polar surface area (TPSA) is 83.5 Å². The van der Waals surface area contributed by atoms with Crippen molar-refractivity contribution in [3.63, 3.8) is 0 Å². The molecule has 3 heterocycles. The lowest BCUT2D eigenvalue weighted by atomic mass is 9.87. The molecule has 0 N–H and O–H groups in total. The molecule has 8 heteroatoms. The van der Waals surface area contributed by atoms with E-state index in [2.05, 4.69) is 9.97 Å². The number of hydrogen-bond donors (Lipinski definition) is 0. The summed E-state index contributed by atoms with van der Waals surface area (Å²) in [5.41, 5.74) is -0.132. The van der Waals surface area contributed by atoms with Crippen molar-refractivity contribution in [2.45, 2.75) is 31.2 Å². The summed E-state index contributed by atoms with van der Waals surface area (Å²) in [5, 5.41) is 0. The second-order valence-corrected chi connectivity index (χ2v) is 7.99. The van der Waals surface area contributed by atoms with Crippen LogP contribution in [0.2, 0.25) is 0 Å². The van der Waals surface area contributed by atoms with Crippen molar-refractivity contribution in [1.29, 1.82) is 0 Å². The van der Waals surface area contributed by atoms with E-state index in [0.29, 0.717) is 25.3 Å². The van der Waals surface area contributed by atoms with Gasteiger partial charge in [0.1, 0.15) is 5.69 Å². The molecule has 0 radical (unpaired) electrons. The van der Waals surface area contributed by atoms with Crippen LogP contribution in [-0.4, -0.2) is 64.9 Å². The Labute approximate surface area is 130 Å². The number of piperidine rings is 1. The molecule has 1 atom stereocenters. The van der Waals surface area contributed by atoms with Crippen LogP contribution in [0.15, 0.2) is 18.6 Å². The smallest absolute Gasteiger partial charge is 0.274 e. The third kappa shape index (κ3) is 2.72. The van der Waals surface area contributed by atoms with Gasteiger partial charge in [0.25, 0.3) is 5.91 Å². The van der Waals surface area contributed by atoms with Gasteiger partial charge in [0.2, 0.25) is 10.0 Å². The summed E-state index contributed by atoms with van der Waals surface area (Å²) in [5.74, 6) is -0.174. The van der Waals surface area contributed by atoms with E-state index in [1.165, 1.54) is 24.8 Å². The molecule has 2 saturated heterocycles. The first kappa shape index (κ1) is 15.4. The highest BCUT2D eigenvalue weighted by Crippen LogP contribution is 2.39. The maximum Gasteiger partial charge on any atom is 0.274 e. The van der Waals surface area contributed by atoms with Crippen LogP contribution in [0.25, 0.3) is 0 Å². The summed E-state index contributed by atoms with van der Waals surface area (Å²) in [4.78, 5) is 22.2. The van der Waals surface area contributed by atoms with Crippen molar-refractivity contribution < 1.29 is 13.2 Å². The molecule has 0 saturated carbocycles. The van der Waals surface area contributed by atoms with Crippen LogP contribution in [0.4, 0.5) is 0 Å². The van der Waals surface area contributed by atoms with E-state index in [-0.39, 0.29) is 5.91 Å². The Balaban J connectivity index is 1.84. The van der Waals surface area contributed by atoms with Crippen LogP contribution in [0.5, 0.6) is 0 Å². The van der Waals surface area contributed by atoms with Gasteiger partial charge in [-0.1, -0.05) is 0 Å². The molecule has 2 fully saturated rings. The number of likely N-dealkylation sites (tertiary alicyclic amines) is 1. The number of nitrogens with zero attached hydrogens (tertiary/aromatic N) is 4. The summed E-state index contributed by atoms with van der Waals surface area (Å²) in [6.07, 6.45) is 8.99. The molecule has 2 aliphatic rings. The van der Waals surface area contributed by atoms with Crippen LogP contribution in [0, 0.1) is 0 Å². The monoisotopic (exact) mass is 324 g/mol. The van der Waals surface area contributed by atoms with Gasteiger partial charge in [-0.25, -0.2) is 13.4 Å². The second-order valence-electron chi connectivity index (χ2n) is 6.08. The zero-order valence-electron chi connectivity index (χ0n) is 12.6. The Morgan fingerprint density at radius 2 is 1.95 bits per heavy atom. The molecule has 3 rings (SSSR count). The molecule has 7 nitrogen and oxygen atoms in total. The normalized spacial score (nSPS) is 26.5. The lowest BCUT2D eigenvalue weighted by molar-refractivity contribution is 0.0518. The van der Waals surface area contributed by atoms with Crippen molar-refractivity contribution in [3.8, 4) is 0 Å². The minimum atomic E-state index is -3.26.